The van der Waals surface area contributed by atoms with E-state index in [1.165, 1.54) is 0 Å². The first kappa shape index (κ1) is 23.4. The molecule has 6 nitrogen and oxygen atoms in total. The Kier molecular flexibility index (Phi) is 9.22. The first-order valence-corrected chi connectivity index (χ1v) is 9.32. The monoisotopic (exact) mass is 397 g/mol. The Balaban J connectivity index is 0.00000364. The van der Waals surface area contributed by atoms with Gasteiger partial charge in [-0.3, -0.25) is 19.4 Å². The number of aryl methyl sites for hydroxylation is 2. The molecule has 1 aromatic rings. The van der Waals surface area contributed by atoms with Crippen LogP contribution >= 0.6 is 12.4 Å². The van der Waals surface area contributed by atoms with Crippen LogP contribution in [-0.2, 0) is 9.59 Å². The molecule has 1 aromatic carbocycles. The SMILES string of the molecule is Cc1cccc(C)c1NC(=O)C(C)N1CCCC(N(C)CC(=O)O)CC1.Cl. The Morgan fingerprint density at radius 1 is 1.26 bits per heavy atom. The first-order valence-electron chi connectivity index (χ1n) is 9.32. The van der Waals surface area contributed by atoms with E-state index in [9.17, 15) is 9.59 Å². The molecule has 27 heavy (non-hydrogen) atoms. The maximum Gasteiger partial charge on any atom is 0.317 e. The van der Waals surface area contributed by atoms with E-state index in [-0.39, 0.29) is 36.9 Å². The van der Waals surface area contributed by atoms with Crippen LogP contribution in [0.4, 0.5) is 5.69 Å². The van der Waals surface area contributed by atoms with E-state index in [0.29, 0.717) is 0 Å². The van der Waals surface area contributed by atoms with E-state index in [4.69, 9.17) is 5.11 Å². The van der Waals surface area contributed by atoms with Crippen LogP contribution in [0.5, 0.6) is 0 Å². The lowest BCUT2D eigenvalue weighted by Gasteiger charge is -2.28. The minimum atomic E-state index is -0.796. The number of anilines is 1. The third-order valence-corrected chi connectivity index (χ3v) is 5.40. The smallest absolute Gasteiger partial charge is 0.317 e. The van der Waals surface area contributed by atoms with Crippen molar-refractivity contribution in [1.82, 2.24) is 9.80 Å². The van der Waals surface area contributed by atoms with Crippen molar-refractivity contribution in [3.8, 4) is 0 Å². The van der Waals surface area contributed by atoms with Crippen molar-refractivity contribution in [3.63, 3.8) is 0 Å². The van der Waals surface area contributed by atoms with Crippen LogP contribution in [0.2, 0.25) is 0 Å². The molecule has 2 rings (SSSR count). The van der Waals surface area contributed by atoms with Crippen molar-refractivity contribution in [3.05, 3.63) is 29.3 Å². The fourth-order valence-electron chi connectivity index (χ4n) is 3.68. The highest BCUT2D eigenvalue weighted by Gasteiger charge is 2.27. The molecule has 1 fully saturated rings. The number of likely N-dealkylation sites (tertiary alicyclic amines) is 1. The zero-order valence-electron chi connectivity index (χ0n) is 16.7. The number of carboxylic acids is 1. The average Bonchev–Trinajstić information content (AvgIpc) is 2.83. The third-order valence-electron chi connectivity index (χ3n) is 5.40. The molecule has 1 aliphatic rings. The topological polar surface area (TPSA) is 72.9 Å². The maximum absolute atomic E-state index is 12.7. The van der Waals surface area contributed by atoms with Crippen molar-refractivity contribution in [2.75, 3.05) is 32.0 Å². The summed E-state index contributed by atoms with van der Waals surface area (Å²) < 4.78 is 0. The van der Waals surface area contributed by atoms with E-state index < -0.39 is 5.97 Å². The highest BCUT2D eigenvalue weighted by molar-refractivity contribution is 5.95. The summed E-state index contributed by atoms with van der Waals surface area (Å²) in [4.78, 5) is 27.8. The summed E-state index contributed by atoms with van der Waals surface area (Å²) >= 11 is 0. The number of halogens is 1. The van der Waals surface area contributed by atoms with Crippen LogP contribution in [0.3, 0.4) is 0 Å². The van der Waals surface area contributed by atoms with Crippen molar-refractivity contribution < 1.29 is 14.7 Å². The van der Waals surface area contributed by atoms with Gasteiger partial charge in [-0.15, -0.1) is 12.4 Å². The molecule has 7 heteroatoms. The number of para-hydroxylation sites is 1. The molecule has 0 aliphatic carbocycles. The second kappa shape index (κ2) is 10.6. The number of amides is 1. The van der Waals surface area contributed by atoms with Crippen molar-refractivity contribution >= 4 is 30.0 Å². The molecule has 152 valence electrons. The van der Waals surface area contributed by atoms with Crippen molar-refractivity contribution in [2.45, 2.75) is 52.1 Å². The summed E-state index contributed by atoms with van der Waals surface area (Å²) in [6.07, 6.45) is 2.81. The maximum atomic E-state index is 12.7. The number of nitrogens with one attached hydrogen (secondary N) is 1. The van der Waals surface area contributed by atoms with Gasteiger partial charge in [0.2, 0.25) is 5.91 Å². The minimum Gasteiger partial charge on any atom is -0.480 e. The summed E-state index contributed by atoms with van der Waals surface area (Å²) in [5.41, 5.74) is 3.03. The molecular weight excluding hydrogens is 366 g/mol. The summed E-state index contributed by atoms with van der Waals surface area (Å²) in [5, 5.41) is 12.1. The van der Waals surface area contributed by atoms with Gasteiger partial charge < -0.3 is 10.4 Å². The molecular formula is C20H32ClN3O3. The Bertz CT molecular complexity index is 633. The number of benzene rings is 1. The molecule has 0 aromatic heterocycles. The number of aliphatic carboxylic acids is 1. The summed E-state index contributed by atoms with van der Waals surface area (Å²) in [6, 6.07) is 6.04. The number of rotatable bonds is 6. The van der Waals surface area contributed by atoms with Crippen LogP contribution in [0.25, 0.3) is 0 Å². The number of carbonyl (C=O) groups excluding carboxylic acids is 1. The first-order chi connectivity index (χ1) is 12.3. The molecule has 0 saturated carbocycles. The van der Waals surface area contributed by atoms with E-state index in [0.717, 1.165) is 49.2 Å². The number of likely N-dealkylation sites (N-methyl/N-ethyl adjacent to an activating group) is 1. The van der Waals surface area contributed by atoms with Crippen LogP contribution in [0.15, 0.2) is 18.2 Å². The van der Waals surface area contributed by atoms with Gasteiger partial charge in [-0.25, -0.2) is 0 Å². The van der Waals surface area contributed by atoms with E-state index in [1.807, 2.05) is 50.9 Å². The van der Waals surface area contributed by atoms with E-state index in [2.05, 4.69) is 10.2 Å². The summed E-state index contributed by atoms with van der Waals surface area (Å²) in [7, 11) is 1.87. The molecule has 0 bridgehead atoms. The lowest BCUT2D eigenvalue weighted by atomic mass is 10.1. The van der Waals surface area contributed by atoms with Crippen LogP contribution < -0.4 is 5.32 Å². The second-order valence-corrected chi connectivity index (χ2v) is 7.36. The van der Waals surface area contributed by atoms with Gasteiger partial charge in [0.05, 0.1) is 12.6 Å². The average molecular weight is 398 g/mol. The molecule has 1 saturated heterocycles. The third kappa shape index (κ3) is 6.48. The van der Waals surface area contributed by atoms with Crippen molar-refractivity contribution in [1.29, 1.82) is 0 Å². The number of hydrogen-bond acceptors (Lipinski definition) is 4. The highest BCUT2D eigenvalue weighted by Crippen LogP contribution is 2.21. The summed E-state index contributed by atoms with van der Waals surface area (Å²) in [5.74, 6) is -0.783. The fraction of sp³-hybridized carbons (Fsp3) is 0.600. The Labute approximate surface area is 168 Å². The molecule has 0 spiro atoms. The largest absolute Gasteiger partial charge is 0.480 e. The number of carboxylic acid groups (broad SMARTS) is 1. The molecule has 1 heterocycles. The Morgan fingerprint density at radius 3 is 2.48 bits per heavy atom. The van der Waals surface area contributed by atoms with Crippen molar-refractivity contribution in [2.24, 2.45) is 0 Å². The summed E-state index contributed by atoms with van der Waals surface area (Å²) in [6.45, 7) is 7.68. The van der Waals surface area contributed by atoms with Gasteiger partial charge in [0, 0.05) is 18.3 Å². The van der Waals surface area contributed by atoms with E-state index in [1.54, 1.807) is 0 Å². The quantitative estimate of drug-likeness (QED) is 0.772. The van der Waals surface area contributed by atoms with Gasteiger partial charge in [-0.05, 0) is 64.8 Å². The lowest BCUT2D eigenvalue weighted by molar-refractivity contribution is -0.138. The van der Waals surface area contributed by atoms with E-state index >= 15 is 0 Å². The molecule has 1 aliphatic heterocycles. The van der Waals surface area contributed by atoms with Crippen LogP contribution in [-0.4, -0.2) is 65.5 Å². The number of nitrogens with zero attached hydrogens (tertiary/aromatic N) is 2. The van der Waals surface area contributed by atoms with Crippen LogP contribution in [0.1, 0.15) is 37.3 Å². The zero-order valence-corrected chi connectivity index (χ0v) is 17.5. The second-order valence-electron chi connectivity index (χ2n) is 7.36. The van der Waals surface area contributed by atoms with Gasteiger partial charge in [-0.1, -0.05) is 18.2 Å². The van der Waals surface area contributed by atoms with Crippen LogP contribution in [0, 0.1) is 13.8 Å². The molecule has 0 radical (unpaired) electrons. The number of carbonyl (C=O) groups is 2. The number of hydrogen-bond donors (Lipinski definition) is 2. The van der Waals surface area contributed by atoms with Gasteiger partial charge in [0.15, 0.2) is 0 Å². The normalized spacial score (nSPS) is 19.1. The lowest BCUT2D eigenvalue weighted by Crippen LogP contribution is -2.43. The molecule has 2 N–H and O–H groups in total. The highest BCUT2D eigenvalue weighted by atomic mass is 35.5. The predicted molar refractivity (Wildman–Crippen MR) is 111 cm³/mol. The standard InChI is InChI=1S/C20H31N3O3.ClH/c1-14-7-5-8-15(2)19(14)21-20(26)16(3)23-11-6-9-17(10-12-23)22(4)13-18(24)25;/h5,7-8,16-17H,6,9-13H2,1-4H3,(H,21,26)(H,24,25);1H. The van der Waals surface area contributed by atoms with Gasteiger partial charge >= 0.3 is 5.97 Å². The molecule has 2 atom stereocenters. The van der Waals surface area contributed by atoms with Gasteiger partial charge in [0.1, 0.15) is 0 Å². The predicted octanol–water partition coefficient (Wildman–Crippen LogP) is 2.92. The Hall–Kier alpha value is -1.63. The minimum absolute atomic E-state index is 0. The zero-order chi connectivity index (χ0) is 19.3. The van der Waals surface area contributed by atoms with Gasteiger partial charge in [0.25, 0.3) is 0 Å². The Morgan fingerprint density at radius 2 is 1.89 bits per heavy atom. The fourth-order valence-corrected chi connectivity index (χ4v) is 3.68. The molecule has 1 amide bonds. The van der Waals surface area contributed by atoms with Gasteiger partial charge in [-0.2, -0.15) is 0 Å². The molecule has 2 unspecified atom stereocenters.